The largest absolute Gasteiger partial charge is 0.416 e. The predicted molar refractivity (Wildman–Crippen MR) is 65.0 cm³/mol. The molecule has 0 saturated heterocycles. The van der Waals surface area contributed by atoms with E-state index in [-0.39, 0.29) is 17.7 Å². The first kappa shape index (κ1) is 15.5. The van der Waals surface area contributed by atoms with Crippen molar-refractivity contribution in [2.24, 2.45) is 0 Å². The molecule has 0 radical (unpaired) electrons. The second-order valence-corrected chi connectivity index (χ2v) is 3.98. The van der Waals surface area contributed by atoms with Gasteiger partial charge >= 0.3 is 6.18 Å². The SMILES string of the molecule is CCOCCNC(=O)c1ccc(C)c(C(F)(F)F)c1. The van der Waals surface area contributed by atoms with E-state index in [1.54, 1.807) is 0 Å². The summed E-state index contributed by atoms with van der Waals surface area (Å²) in [6.45, 7) is 4.30. The fourth-order valence-corrected chi connectivity index (χ4v) is 1.55. The predicted octanol–water partition coefficient (Wildman–Crippen LogP) is 2.78. The summed E-state index contributed by atoms with van der Waals surface area (Å²) in [7, 11) is 0. The fraction of sp³-hybridized carbons (Fsp3) is 0.462. The molecule has 0 saturated carbocycles. The average molecular weight is 275 g/mol. The lowest BCUT2D eigenvalue weighted by atomic mass is 10.0. The molecule has 0 atom stereocenters. The van der Waals surface area contributed by atoms with Gasteiger partial charge in [0, 0.05) is 18.7 Å². The first-order valence-electron chi connectivity index (χ1n) is 5.90. The zero-order valence-corrected chi connectivity index (χ0v) is 10.8. The first-order valence-corrected chi connectivity index (χ1v) is 5.90. The molecule has 0 aliphatic rings. The van der Waals surface area contributed by atoms with E-state index in [1.165, 1.54) is 19.1 Å². The van der Waals surface area contributed by atoms with Gasteiger partial charge in [-0.3, -0.25) is 4.79 Å². The Hall–Kier alpha value is -1.56. The molecule has 0 aliphatic carbocycles. The number of nitrogens with one attached hydrogen (secondary N) is 1. The molecule has 1 rings (SSSR count). The summed E-state index contributed by atoms with van der Waals surface area (Å²) in [6, 6.07) is 3.53. The van der Waals surface area contributed by atoms with Crippen LogP contribution in [0.1, 0.15) is 28.4 Å². The van der Waals surface area contributed by atoms with Crippen LogP contribution in [0.2, 0.25) is 0 Å². The van der Waals surface area contributed by atoms with E-state index >= 15 is 0 Å². The summed E-state index contributed by atoms with van der Waals surface area (Å²) in [5.74, 6) is -0.537. The van der Waals surface area contributed by atoms with Gasteiger partial charge in [0.1, 0.15) is 0 Å². The Morgan fingerprint density at radius 1 is 1.37 bits per heavy atom. The number of hydrogen-bond acceptors (Lipinski definition) is 2. The van der Waals surface area contributed by atoms with Crippen molar-refractivity contribution in [3.05, 3.63) is 34.9 Å². The van der Waals surface area contributed by atoms with Crippen LogP contribution in [0.5, 0.6) is 0 Å². The summed E-state index contributed by atoms with van der Waals surface area (Å²) in [6.07, 6.45) is -4.45. The molecule has 1 N–H and O–H groups in total. The van der Waals surface area contributed by atoms with Crippen molar-refractivity contribution in [1.29, 1.82) is 0 Å². The number of hydrogen-bond donors (Lipinski definition) is 1. The van der Waals surface area contributed by atoms with Gasteiger partial charge in [-0.05, 0) is 31.5 Å². The van der Waals surface area contributed by atoms with Crippen molar-refractivity contribution in [1.82, 2.24) is 5.32 Å². The van der Waals surface area contributed by atoms with Gasteiger partial charge in [-0.25, -0.2) is 0 Å². The van der Waals surface area contributed by atoms with Gasteiger partial charge in [-0.1, -0.05) is 6.07 Å². The van der Waals surface area contributed by atoms with Gasteiger partial charge in [-0.15, -0.1) is 0 Å². The normalized spacial score (nSPS) is 11.4. The van der Waals surface area contributed by atoms with Gasteiger partial charge in [-0.2, -0.15) is 13.2 Å². The number of amides is 1. The van der Waals surface area contributed by atoms with Gasteiger partial charge in [0.25, 0.3) is 5.91 Å². The van der Waals surface area contributed by atoms with Crippen LogP contribution in [0.3, 0.4) is 0 Å². The minimum absolute atomic E-state index is 0.00516. The lowest BCUT2D eigenvalue weighted by Gasteiger charge is -2.12. The van der Waals surface area contributed by atoms with Crippen LogP contribution in [0.4, 0.5) is 13.2 Å². The maximum atomic E-state index is 12.7. The van der Waals surface area contributed by atoms with Gasteiger partial charge in [0.05, 0.1) is 12.2 Å². The zero-order chi connectivity index (χ0) is 14.5. The van der Waals surface area contributed by atoms with Crippen LogP contribution in [-0.2, 0) is 10.9 Å². The number of alkyl halides is 3. The molecule has 106 valence electrons. The Balaban J connectivity index is 2.76. The number of ether oxygens (including phenoxy) is 1. The lowest BCUT2D eigenvalue weighted by Crippen LogP contribution is -2.27. The molecule has 1 aromatic carbocycles. The van der Waals surface area contributed by atoms with E-state index in [2.05, 4.69) is 5.32 Å². The van der Waals surface area contributed by atoms with E-state index in [0.29, 0.717) is 13.2 Å². The number of aryl methyl sites for hydroxylation is 1. The molecule has 1 amide bonds. The van der Waals surface area contributed by atoms with Crippen molar-refractivity contribution in [2.75, 3.05) is 19.8 Å². The van der Waals surface area contributed by atoms with Gasteiger partial charge in [0.2, 0.25) is 0 Å². The Morgan fingerprint density at radius 2 is 2.05 bits per heavy atom. The van der Waals surface area contributed by atoms with Crippen LogP contribution in [0.15, 0.2) is 18.2 Å². The third-order valence-electron chi connectivity index (χ3n) is 2.54. The van der Waals surface area contributed by atoms with Gasteiger partial charge < -0.3 is 10.1 Å². The minimum atomic E-state index is -4.45. The molecule has 1 aromatic rings. The smallest absolute Gasteiger partial charge is 0.380 e. The average Bonchev–Trinajstić information content (AvgIpc) is 2.33. The molecule has 0 aromatic heterocycles. The lowest BCUT2D eigenvalue weighted by molar-refractivity contribution is -0.138. The Morgan fingerprint density at radius 3 is 2.63 bits per heavy atom. The topological polar surface area (TPSA) is 38.3 Å². The molecule has 6 heteroatoms. The number of carbonyl (C=O) groups excluding carboxylic acids is 1. The van der Waals surface area contributed by atoms with E-state index < -0.39 is 17.6 Å². The van der Waals surface area contributed by atoms with Crippen LogP contribution < -0.4 is 5.32 Å². The third-order valence-corrected chi connectivity index (χ3v) is 2.54. The summed E-state index contributed by atoms with van der Waals surface area (Å²) >= 11 is 0. The number of halogens is 3. The Bertz CT molecular complexity index is 444. The van der Waals surface area contributed by atoms with Crippen molar-refractivity contribution >= 4 is 5.91 Å². The van der Waals surface area contributed by atoms with Crippen LogP contribution >= 0.6 is 0 Å². The van der Waals surface area contributed by atoms with E-state index in [9.17, 15) is 18.0 Å². The second kappa shape index (κ2) is 6.56. The summed E-state index contributed by atoms with van der Waals surface area (Å²) < 4.78 is 43.1. The highest BCUT2D eigenvalue weighted by Gasteiger charge is 2.32. The monoisotopic (exact) mass is 275 g/mol. The third kappa shape index (κ3) is 4.55. The molecule has 0 bridgehead atoms. The highest BCUT2D eigenvalue weighted by atomic mass is 19.4. The highest BCUT2D eigenvalue weighted by Crippen LogP contribution is 2.32. The van der Waals surface area contributed by atoms with E-state index in [1.807, 2.05) is 6.92 Å². The summed E-state index contributed by atoms with van der Waals surface area (Å²) in [5, 5.41) is 2.50. The standard InChI is InChI=1S/C13H16F3NO2/c1-3-19-7-6-17-12(18)10-5-4-9(2)11(8-10)13(14,15)16/h4-5,8H,3,6-7H2,1-2H3,(H,17,18). The summed E-state index contributed by atoms with van der Waals surface area (Å²) in [4.78, 5) is 11.7. The van der Waals surface area contributed by atoms with Crippen LogP contribution in [0, 0.1) is 6.92 Å². The maximum absolute atomic E-state index is 12.7. The molecule has 0 spiro atoms. The molecule has 0 unspecified atom stereocenters. The number of carbonyl (C=O) groups is 1. The molecule has 0 fully saturated rings. The Labute approximate surface area is 109 Å². The van der Waals surface area contributed by atoms with Crippen molar-refractivity contribution < 1.29 is 22.7 Å². The summed E-state index contributed by atoms with van der Waals surface area (Å²) in [5.41, 5.74) is -0.697. The van der Waals surface area contributed by atoms with Crippen molar-refractivity contribution in [2.45, 2.75) is 20.0 Å². The fourth-order valence-electron chi connectivity index (χ4n) is 1.55. The molecule has 0 heterocycles. The zero-order valence-electron chi connectivity index (χ0n) is 10.8. The van der Waals surface area contributed by atoms with Crippen LogP contribution in [-0.4, -0.2) is 25.7 Å². The maximum Gasteiger partial charge on any atom is 0.416 e. The van der Waals surface area contributed by atoms with Crippen molar-refractivity contribution in [3.8, 4) is 0 Å². The molecular weight excluding hydrogens is 259 g/mol. The first-order chi connectivity index (χ1) is 8.86. The van der Waals surface area contributed by atoms with Crippen LogP contribution in [0.25, 0.3) is 0 Å². The molecule has 19 heavy (non-hydrogen) atoms. The highest BCUT2D eigenvalue weighted by molar-refractivity contribution is 5.94. The Kier molecular flexibility index (Phi) is 5.35. The van der Waals surface area contributed by atoms with E-state index in [4.69, 9.17) is 4.74 Å². The van der Waals surface area contributed by atoms with E-state index in [0.717, 1.165) is 6.07 Å². The molecule has 0 aliphatic heterocycles. The number of rotatable bonds is 5. The molecular formula is C13H16F3NO2. The minimum Gasteiger partial charge on any atom is -0.380 e. The number of benzene rings is 1. The molecule has 3 nitrogen and oxygen atoms in total. The quantitative estimate of drug-likeness (QED) is 0.839. The van der Waals surface area contributed by atoms with Gasteiger partial charge in [0.15, 0.2) is 0 Å². The second-order valence-electron chi connectivity index (χ2n) is 3.98. The van der Waals surface area contributed by atoms with Crippen molar-refractivity contribution in [3.63, 3.8) is 0 Å².